The molecule has 1 amide bonds. The van der Waals surface area contributed by atoms with Crippen LogP contribution >= 0.6 is 11.6 Å². The summed E-state index contributed by atoms with van der Waals surface area (Å²) in [5.74, 6) is 0.638. The van der Waals surface area contributed by atoms with Gasteiger partial charge in [0.1, 0.15) is 0 Å². The third-order valence-corrected chi connectivity index (χ3v) is 4.77. The molecule has 1 N–H and O–H groups in total. The molecule has 1 saturated carbocycles. The molecule has 1 aliphatic rings. The predicted molar refractivity (Wildman–Crippen MR) is 92.0 cm³/mol. The molecule has 0 bridgehead atoms. The fourth-order valence-electron chi connectivity index (χ4n) is 2.93. The Morgan fingerprint density at radius 3 is 2.50 bits per heavy atom. The lowest BCUT2D eigenvalue weighted by Gasteiger charge is -2.20. The fourth-order valence-corrected chi connectivity index (χ4v) is 3.19. The summed E-state index contributed by atoms with van der Waals surface area (Å²) in [5, 5.41) is 13.9. The van der Waals surface area contributed by atoms with E-state index < -0.39 is 4.92 Å². The van der Waals surface area contributed by atoms with E-state index in [9.17, 15) is 14.9 Å². The van der Waals surface area contributed by atoms with Gasteiger partial charge in [0.25, 0.3) is 11.6 Å². The molecule has 0 aliphatic heterocycles. The number of carbonyl (C=O) groups excluding carboxylic acids is 1. The van der Waals surface area contributed by atoms with E-state index in [2.05, 4.69) is 12.2 Å². The van der Waals surface area contributed by atoms with Crippen LogP contribution in [-0.2, 0) is 0 Å². The lowest BCUT2D eigenvalue weighted by Crippen LogP contribution is -2.30. The first kappa shape index (κ1) is 16.5. The Bertz CT molecular complexity index is 779. The van der Waals surface area contributed by atoms with E-state index in [0.29, 0.717) is 11.8 Å². The van der Waals surface area contributed by atoms with Gasteiger partial charge >= 0.3 is 0 Å². The molecule has 0 heterocycles. The van der Waals surface area contributed by atoms with E-state index in [1.807, 2.05) is 30.3 Å². The van der Waals surface area contributed by atoms with Crippen LogP contribution in [0.5, 0.6) is 0 Å². The van der Waals surface area contributed by atoms with Crippen LogP contribution in [0.25, 0.3) is 0 Å². The van der Waals surface area contributed by atoms with Crippen molar-refractivity contribution in [2.24, 2.45) is 11.8 Å². The van der Waals surface area contributed by atoms with Crippen LogP contribution in [0.3, 0.4) is 0 Å². The molecule has 0 radical (unpaired) electrons. The SMILES string of the molecule is CC1CC1C(NC(=O)c1ccc([N+](=O)[O-])cc1Cl)c1ccccc1. The zero-order valence-electron chi connectivity index (χ0n) is 13.1. The highest BCUT2D eigenvalue weighted by molar-refractivity contribution is 6.34. The van der Waals surface area contributed by atoms with Gasteiger partial charge in [-0.25, -0.2) is 0 Å². The molecular formula is C18H17ClN2O3. The molecule has 0 aromatic heterocycles. The molecule has 2 aromatic carbocycles. The van der Waals surface area contributed by atoms with Crippen molar-refractivity contribution < 1.29 is 9.72 Å². The van der Waals surface area contributed by atoms with Crippen LogP contribution in [0.15, 0.2) is 48.5 Å². The summed E-state index contributed by atoms with van der Waals surface area (Å²) in [6.45, 7) is 2.16. The molecule has 1 aliphatic carbocycles. The Balaban J connectivity index is 1.83. The molecule has 3 atom stereocenters. The normalized spacial score (nSPS) is 20.2. The van der Waals surface area contributed by atoms with Gasteiger partial charge in [-0.3, -0.25) is 14.9 Å². The van der Waals surface area contributed by atoms with Crippen molar-refractivity contribution in [2.45, 2.75) is 19.4 Å². The first-order chi connectivity index (χ1) is 11.5. The van der Waals surface area contributed by atoms with Gasteiger partial charge in [-0.2, -0.15) is 0 Å². The van der Waals surface area contributed by atoms with Gasteiger partial charge in [0.05, 0.1) is 21.6 Å². The van der Waals surface area contributed by atoms with Crippen LogP contribution < -0.4 is 5.32 Å². The maximum atomic E-state index is 12.6. The van der Waals surface area contributed by atoms with Gasteiger partial charge in [-0.1, -0.05) is 48.9 Å². The van der Waals surface area contributed by atoms with Gasteiger partial charge in [-0.15, -0.1) is 0 Å². The third kappa shape index (κ3) is 3.41. The summed E-state index contributed by atoms with van der Waals surface area (Å²) in [4.78, 5) is 22.8. The Kier molecular flexibility index (Phi) is 4.53. The average Bonchev–Trinajstić information content (AvgIpc) is 3.29. The Morgan fingerprint density at radius 1 is 1.29 bits per heavy atom. The number of hydrogen-bond donors (Lipinski definition) is 1. The number of benzene rings is 2. The number of hydrogen-bond acceptors (Lipinski definition) is 3. The highest BCUT2D eigenvalue weighted by Gasteiger charge is 2.41. The fraction of sp³-hybridized carbons (Fsp3) is 0.278. The van der Waals surface area contributed by atoms with Crippen molar-refractivity contribution >= 4 is 23.2 Å². The molecule has 0 saturated heterocycles. The number of nitro benzene ring substituents is 1. The maximum Gasteiger partial charge on any atom is 0.270 e. The number of nitrogens with zero attached hydrogens (tertiary/aromatic N) is 1. The van der Waals surface area contributed by atoms with E-state index in [1.165, 1.54) is 18.2 Å². The van der Waals surface area contributed by atoms with E-state index >= 15 is 0 Å². The molecular weight excluding hydrogens is 328 g/mol. The number of non-ortho nitro benzene ring substituents is 1. The zero-order valence-corrected chi connectivity index (χ0v) is 13.9. The molecule has 2 aromatic rings. The van der Waals surface area contributed by atoms with Gasteiger partial charge in [-0.05, 0) is 29.9 Å². The van der Waals surface area contributed by atoms with Crippen molar-refractivity contribution in [1.82, 2.24) is 5.32 Å². The minimum Gasteiger partial charge on any atom is -0.345 e. The van der Waals surface area contributed by atoms with Crippen LogP contribution in [0.2, 0.25) is 5.02 Å². The minimum atomic E-state index is -0.536. The topological polar surface area (TPSA) is 72.2 Å². The number of halogens is 1. The van der Waals surface area contributed by atoms with Gasteiger partial charge in [0, 0.05) is 12.1 Å². The smallest absolute Gasteiger partial charge is 0.270 e. The molecule has 5 nitrogen and oxygen atoms in total. The molecule has 3 rings (SSSR count). The summed E-state index contributed by atoms with van der Waals surface area (Å²) in [7, 11) is 0. The summed E-state index contributed by atoms with van der Waals surface area (Å²) in [6.07, 6.45) is 1.06. The summed E-state index contributed by atoms with van der Waals surface area (Å²) >= 11 is 6.06. The monoisotopic (exact) mass is 344 g/mol. The van der Waals surface area contributed by atoms with Crippen LogP contribution in [0, 0.1) is 22.0 Å². The van der Waals surface area contributed by atoms with Crippen molar-refractivity contribution in [3.63, 3.8) is 0 Å². The summed E-state index contributed by atoms with van der Waals surface area (Å²) < 4.78 is 0. The number of rotatable bonds is 5. The quantitative estimate of drug-likeness (QED) is 0.646. The van der Waals surface area contributed by atoms with Crippen LogP contribution in [-0.4, -0.2) is 10.8 Å². The van der Waals surface area contributed by atoms with Gasteiger partial charge in [0.15, 0.2) is 0 Å². The zero-order chi connectivity index (χ0) is 17.3. The Hall–Kier alpha value is -2.40. The van der Waals surface area contributed by atoms with Crippen molar-refractivity contribution in [3.05, 3.63) is 74.8 Å². The van der Waals surface area contributed by atoms with E-state index in [0.717, 1.165) is 12.0 Å². The summed E-state index contributed by atoms with van der Waals surface area (Å²) in [6, 6.07) is 13.6. The van der Waals surface area contributed by atoms with Crippen LogP contribution in [0.4, 0.5) is 5.69 Å². The van der Waals surface area contributed by atoms with Crippen molar-refractivity contribution in [2.75, 3.05) is 0 Å². The first-order valence-corrected chi connectivity index (χ1v) is 8.15. The average molecular weight is 345 g/mol. The van der Waals surface area contributed by atoms with Crippen LogP contribution in [0.1, 0.15) is 35.3 Å². The molecule has 0 spiro atoms. The van der Waals surface area contributed by atoms with Crippen molar-refractivity contribution in [3.8, 4) is 0 Å². The molecule has 24 heavy (non-hydrogen) atoms. The maximum absolute atomic E-state index is 12.6. The number of amides is 1. The predicted octanol–water partition coefficient (Wildman–Crippen LogP) is 4.38. The Labute approximate surface area is 144 Å². The van der Waals surface area contributed by atoms with Crippen molar-refractivity contribution in [1.29, 1.82) is 0 Å². The highest BCUT2D eigenvalue weighted by Crippen LogP contribution is 2.47. The van der Waals surface area contributed by atoms with E-state index in [-0.39, 0.29) is 28.2 Å². The largest absolute Gasteiger partial charge is 0.345 e. The second-order valence-corrected chi connectivity index (χ2v) is 6.57. The first-order valence-electron chi connectivity index (χ1n) is 7.77. The third-order valence-electron chi connectivity index (χ3n) is 4.45. The summed E-state index contributed by atoms with van der Waals surface area (Å²) in [5.41, 5.74) is 1.17. The molecule has 124 valence electrons. The standard InChI is InChI=1S/C18H17ClN2O3/c1-11-9-15(11)17(12-5-3-2-4-6-12)20-18(22)14-8-7-13(21(23)24)10-16(14)19/h2-8,10-11,15,17H,9H2,1H3,(H,20,22). The van der Waals surface area contributed by atoms with Gasteiger partial charge in [0.2, 0.25) is 0 Å². The number of nitrogens with one attached hydrogen (secondary N) is 1. The second-order valence-electron chi connectivity index (χ2n) is 6.16. The lowest BCUT2D eigenvalue weighted by molar-refractivity contribution is -0.384. The Morgan fingerprint density at radius 2 is 1.96 bits per heavy atom. The van der Waals surface area contributed by atoms with Gasteiger partial charge < -0.3 is 5.32 Å². The number of nitro groups is 1. The van der Waals surface area contributed by atoms with E-state index in [4.69, 9.17) is 11.6 Å². The molecule has 3 unspecified atom stereocenters. The van der Waals surface area contributed by atoms with E-state index in [1.54, 1.807) is 0 Å². The number of carbonyl (C=O) groups is 1. The molecule has 6 heteroatoms. The molecule has 1 fully saturated rings. The minimum absolute atomic E-state index is 0.0809. The highest BCUT2D eigenvalue weighted by atomic mass is 35.5. The second kappa shape index (κ2) is 6.61. The lowest BCUT2D eigenvalue weighted by atomic mass is 10.0.